The average molecular weight is 345 g/mol. The van der Waals surface area contributed by atoms with E-state index < -0.39 is 0 Å². The van der Waals surface area contributed by atoms with Crippen molar-refractivity contribution in [3.8, 4) is 5.75 Å². The quantitative estimate of drug-likeness (QED) is 0.801. The van der Waals surface area contributed by atoms with Gasteiger partial charge in [-0.15, -0.1) is 0 Å². The summed E-state index contributed by atoms with van der Waals surface area (Å²) in [5.41, 5.74) is 2.22. The molecule has 24 heavy (non-hydrogen) atoms. The third-order valence-electron chi connectivity index (χ3n) is 3.81. The highest BCUT2D eigenvalue weighted by Crippen LogP contribution is 2.33. The van der Waals surface area contributed by atoms with Gasteiger partial charge in [0, 0.05) is 37.7 Å². The molecular weight excluding hydrogens is 322 g/mol. The predicted octanol–water partition coefficient (Wildman–Crippen LogP) is 3.56. The lowest BCUT2D eigenvalue weighted by Gasteiger charge is -2.30. The Morgan fingerprint density at radius 3 is 2.92 bits per heavy atom. The van der Waals surface area contributed by atoms with Gasteiger partial charge < -0.3 is 14.4 Å². The molecule has 2 aromatic rings. The lowest BCUT2D eigenvalue weighted by atomic mass is 10.1. The summed E-state index contributed by atoms with van der Waals surface area (Å²) in [6.07, 6.45) is 0. The average Bonchev–Trinajstić information content (AvgIpc) is 2.59. The number of hydrogen-bond donors (Lipinski definition) is 0. The maximum absolute atomic E-state index is 5.60. The van der Waals surface area contributed by atoms with Crippen molar-refractivity contribution < 1.29 is 9.47 Å². The molecule has 0 saturated carbocycles. The van der Waals surface area contributed by atoms with Crippen molar-refractivity contribution >= 4 is 27.8 Å². The molecule has 0 fully saturated rings. The lowest BCUT2D eigenvalue weighted by Crippen LogP contribution is -2.34. The highest BCUT2D eigenvalue weighted by molar-refractivity contribution is 8.13. The summed E-state index contributed by atoms with van der Waals surface area (Å²) >= 11 is 1.65. The van der Waals surface area contributed by atoms with Crippen LogP contribution in [0.4, 0.5) is 0 Å². The van der Waals surface area contributed by atoms with Gasteiger partial charge in [-0.05, 0) is 49.9 Å². The Balaban J connectivity index is 1.95. The number of amidine groups is 1. The van der Waals surface area contributed by atoms with E-state index in [-0.39, 0.29) is 0 Å². The first kappa shape index (κ1) is 17.0. The van der Waals surface area contributed by atoms with Crippen LogP contribution in [0.1, 0.15) is 19.4 Å². The molecule has 0 saturated heterocycles. The van der Waals surface area contributed by atoms with Gasteiger partial charge in [-0.2, -0.15) is 0 Å². The zero-order chi connectivity index (χ0) is 16.9. The Labute approximate surface area is 147 Å². The van der Waals surface area contributed by atoms with Crippen LogP contribution in [-0.4, -0.2) is 48.5 Å². The minimum Gasteiger partial charge on any atom is -0.494 e. The molecule has 0 atom stereocenters. The van der Waals surface area contributed by atoms with E-state index >= 15 is 0 Å². The van der Waals surface area contributed by atoms with E-state index in [1.54, 1.807) is 18.9 Å². The second-order valence-electron chi connectivity index (χ2n) is 5.51. The molecule has 1 aromatic heterocycles. The van der Waals surface area contributed by atoms with E-state index in [2.05, 4.69) is 28.9 Å². The molecule has 5 nitrogen and oxygen atoms in total. The number of hydrogen-bond acceptors (Lipinski definition) is 5. The first-order valence-electron chi connectivity index (χ1n) is 8.27. The number of aromatic nitrogens is 1. The van der Waals surface area contributed by atoms with Gasteiger partial charge in [-0.25, -0.2) is 4.98 Å². The molecule has 128 valence electrons. The van der Waals surface area contributed by atoms with Crippen molar-refractivity contribution in [2.24, 2.45) is 4.99 Å². The van der Waals surface area contributed by atoms with Crippen molar-refractivity contribution in [2.45, 2.75) is 25.4 Å². The highest BCUT2D eigenvalue weighted by Gasteiger charge is 2.23. The maximum Gasteiger partial charge on any atom is 0.165 e. The number of thioether (sulfide) groups is 1. The summed E-state index contributed by atoms with van der Waals surface area (Å²) in [7, 11) is 1.73. The SMILES string of the molecule is CCN=C1Sc2nc3ccc(OCC)cc3cc2CN1CCOC. The molecule has 0 unspecified atom stereocenters. The lowest BCUT2D eigenvalue weighted by molar-refractivity contribution is 0.174. The number of pyridine rings is 1. The van der Waals surface area contributed by atoms with Gasteiger partial charge in [0.25, 0.3) is 0 Å². The van der Waals surface area contributed by atoms with Crippen LogP contribution >= 0.6 is 11.8 Å². The predicted molar refractivity (Wildman–Crippen MR) is 99.0 cm³/mol. The zero-order valence-corrected chi connectivity index (χ0v) is 15.2. The van der Waals surface area contributed by atoms with Gasteiger partial charge in [0.05, 0.1) is 18.7 Å². The summed E-state index contributed by atoms with van der Waals surface area (Å²) in [4.78, 5) is 11.7. The van der Waals surface area contributed by atoms with E-state index in [4.69, 9.17) is 14.5 Å². The smallest absolute Gasteiger partial charge is 0.165 e. The molecule has 3 rings (SSSR count). The minimum atomic E-state index is 0.668. The third kappa shape index (κ3) is 3.65. The van der Waals surface area contributed by atoms with Crippen LogP contribution in [0.25, 0.3) is 10.9 Å². The molecule has 1 aliphatic heterocycles. The highest BCUT2D eigenvalue weighted by atomic mass is 32.2. The largest absolute Gasteiger partial charge is 0.494 e. The van der Waals surface area contributed by atoms with Crippen molar-refractivity contribution in [3.05, 3.63) is 29.8 Å². The fourth-order valence-electron chi connectivity index (χ4n) is 2.71. The monoisotopic (exact) mass is 345 g/mol. The number of nitrogens with zero attached hydrogens (tertiary/aromatic N) is 3. The number of methoxy groups -OCH3 is 1. The third-order valence-corrected chi connectivity index (χ3v) is 4.93. The van der Waals surface area contributed by atoms with Crippen LogP contribution in [0.5, 0.6) is 5.75 Å². The van der Waals surface area contributed by atoms with Crippen molar-refractivity contribution in [3.63, 3.8) is 0 Å². The van der Waals surface area contributed by atoms with E-state index in [0.717, 1.165) is 46.5 Å². The van der Waals surface area contributed by atoms with Crippen molar-refractivity contribution in [2.75, 3.05) is 33.4 Å². The van der Waals surface area contributed by atoms with Crippen LogP contribution in [0.15, 0.2) is 34.3 Å². The van der Waals surface area contributed by atoms with Crippen LogP contribution in [0, 0.1) is 0 Å². The molecule has 1 aliphatic rings. The second kappa shape index (κ2) is 7.85. The summed E-state index contributed by atoms with van der Waals surface area (Å²) in [5.74, 6) is 0.889. The molecule has 1 aromatic carbocycles. The first-order valence-corrected chi connectivity index (χ1v) is 9.09. The standard InChI is InChI=1S/C18H23N3O2S/c1-4-19-18-21(8-9-22-3)12-14-10-13-11-15(23-5-2)6-7-16(13)20-17(14)24-18/h6-7,10-11H,4-5,8-9,12H2,1-3H3. The van der Waals surface area contributed by atoms with Gasteiger partial charge in [0.2, 0.25) is 0 Å². The first-order chi connectivity index (χ1) is 11.7. The fraction of sp³-hybridized carbons (Fsp3) is 0.444. The molecule has 0 radical (unpaired) electrons. The van der Waals surface area contributed by atoms with Crippen LogP contribution in [-0.2, 0) is 11.3 Å². The van der Waals surface area contributed by atoms with Crippen LogP contribution < -0.4 is 4.74 Å². The Morgan fingerprint density at radius 2 is 2.17 bits per heavy atom. The summed E-state index contributed by atoms with van der Waals surface area (Å²) in [5, 5.41) is 3.19. The minimum absolute atomic E-state index is 0.668. The molecular formula is C18H23N3O2S. The Kier molecular flexibility index (Phi) is 5.58. The zero-order valence-electron chi connectivity index (χ0n) is 14.4. The second-order valence-corrected chi connectivity index (χ2v) is 6.47. The molecule has 6 heteroatoms. The Morgan fingerprint density at radius 1 is 1.29 bits per heavy atom. The van der Waals surface area contributed by atoms with E-state index in [1.165, 1.54) is 5.56 Å². The fourth-order valence-corrected chi connectivity index (χ4v) is 3.76. The Bertz CT molecular complexity index is 748. The maximum atomic E-state index is 5.60. The molecule has 0 N–H and O–H groups in total. The Hall–Kier alpha value is -1.79. The van der Waals surface area contributed by atoms with Gasteiger partial charge in [-0.3, -0.25) is 4.99 Å². The number of aliphatic imine (C=N–C) groups is 1. The van der Waals surface area contributed by atoms with E-state index in [0.29, 0.717) is 13.2 Å². The van der Waals surface area contributed by atoms with Crippen molar-refractivity contribution in [1.82, 2.24) is 9.88 Å². The normalized spacial score (nSPS) is 15.8. The number of benzene rings is 1. The number of ether oxygens (including phenoxy) is 2. The van der Waals surface area contributed by atoms with Gasteiger partial charge in [0.15, 0.2) is 5.17 Å². The van der Waals surface area contributed by atoms with Gasteiger partial charge in [-0.1, -0.05) is 0 Å². The summed E-state index contributed by atoms with van der Waals surface area (Å²) < 4.78 is 10.8. The van der Waals surface area contributed by atoms with Crippen molar-refractivity contribution in [1.29, 1.82) is 0 Å². The molecule has 0 bridgehead atoms. The number of fused-ring (bicyclic) bond motifs is 2. The number of rotatable bonds is 6. The van der Waals surface area contributed by atoms with Crippen LogP contribution in [0.2, 0.25) is 0 Å². The van der Waals surface area contributed by atoms with E-state index in [9.17, 15) is 0 Å². The molecule has 2 heterocycles. The van der Waals surface area contributed by atoms with Gasteiger partial charge >= 0.3 is 0 Å². The summed E-state index contributed by atoms with van der Waals surface area (Å²) in [6, 6.07) is 8.28. The van der Waals surface area contributed by atoms with E-state index in [1.807, 2.05) is 19.1 Å². The van der Waals surface area contributed by atoms with Gasteiger partial charge in [0.1, 0.15) is 10.8 Å². The molecule has 0 amide bonds. The topological polar surface area (TPSA) is 47.0 Å². The summed E-state index contributed by atoms with van der Waals surface area (Å²) in [6.45, 7) is 7.82. The molecule has 0 spiro atoms. The van der Waals surface area contributed by atoms with Crippen LogP contribution in [0.3, 0.4) is 0 Å². The molecule has 0 aliphatic carbocycles.